The van der Waals surface area contributed by atoms with Gasteiger partial charge in [-0.1, -0.05) is 0 Å². The summed E-state index contributed by atoms with van der Waals surface area (Å²) in [5, 5.41) is 2.76. The van der Waals surface area contributed by atoms with Gasteiger partial charge < -0.3 is 19.4 Å². The van der Waals surface area contributed by atoms with Crippen molar-refractivity contribution in [3.05, 3.63) is 23.8 Å². The Morgan fingerprint density at radius 1 is 1.36 bits per heavy atom. The molecule has 0 saturated heterocycles. The van der Waals surface area contributed by atoms with Gasteiger partial charge in [0.1, 0.15) is 5.52 Å². The highest BCUT2D eigenvalue weighted by atomic mass is 16.5. The number of fused-ring (bicyclic) bond motifs is 1. The predicted octanol–water partition coefficient (Wildman–Crippen LogP) is 1.58. The first-order valence-electron chi connectivity index (χ1n) is 6.94. The first kappa shape index (κ1) is 15.8. The van der Waals surface area contributed by atoms with Gasteiger partial charge in [0.2, 0.25) is 0 Å². The van der Waals surface area contributed by atoms with Gasteiger partial charge in [-0.15, -0.1) is 0 Å². The maximum atomic E-state index is 12.0. The van der Waals surface area contributed by atoms with E-state index >= 15 is 0 Å². The Bertz CT molecular complexity index is 678. The molecule has 2 rings (SSSR count). The van der Waals surface area contributed by atoms with Crippen LogP contribution in [0.15, 0.2) is 22.6 Å². The van der Waals surface area contributed by atoms with Crippen molar-refractivity contribution in [3.63, 3.8) is 0 Å². The van der Waals surface area contributed by atoms with E-state index in [0.717, 1.165) is 0 Å². The van der Waals surface area contributed by atoms with Crippen LogP contribution in [0.3, 0.4) is 0 Å². The summed E-state index contributed by atoms with van der Waals surface area (Å²) in [6.07, 6.45) is 0.820. The third kappa shape index (κ3) is 3.75. The lowest BCUT2D eigenvalue weighted by molar-refractivity contribution is -0.140. The first-order valence-corrected chi connectivity index (χ1v) is 6.94. The molecule has 0 unspecified atom stereocenters. The highest BCUT2D eigenvalue weighted by molar-refractivity contribution is 5.97. The number of hydrogen-bond acceptors (Lipinski definition) is 6. The molecule has 0 saturated carbocycles. The molecule has 2 aromatic rings. The minimum atomic E-state index is -0.283. The molecule has 7 heteroatoms. The SMILES string of the molecule is COC(=O)CCCNC(=O)c1ccc2oc(N(C)C)nc2c1. The molecular weight excluding hydrogens is 286 g/mol. The van der Waals surface area contributed by atoms with Gasteiger partial charge in [-0.25, -0.2) is 0 Å². The fourth-order valence-corrected chi connectivity index (χ4v) is 1.89. The number of methoxy groups -OCH3 is 1. The third-order valence-electron chi connectivity index (χ3n) is 3.09. The number of nitrogens with zero attached hydrogens (tertiary/aromatic N) is 2. The molecular formula is C15H19N3O4. The number of ether oxygens (including phenoxy) is 1. The second-order valence-corrected chi connectivity index (χ2v) is 5.01. The zero-order valence-corrected chi connectivity index (χ0v) is 12.9. The minimum Gasteiger partial charge on any atom is -0.469 e. The molecule has 0 aliphatic rings. The lowest BCUT2D eigenvalue weighted by Crippen LogP contribution is -2.24. The number of rotatable bonds is 6. The van der Waals surface area contributed by atoms with Crippen molar-refractivity contribution in [2.24, 2.45) is 0 Å². The average molecular weight is 305 g/mol. The summed E-state index contributed by atoms with van der Waals surface area (Å²) in [6.45, 7) is 0.410. The van der Waals surface area contributed by atoms with E-state index < -0.39 is 0 Å². The number of anilines is 1. The van der Waals surface area contributed by atoms with Gasteiger partial charge in [-0.05, 0) is 24.6 Å². The number of benzene rings is 1. The molecule has 7 nitrogen and oxygen atoms in total. The van der Waals surface area contributed by atoms with E-state index in [4.69, 9.17) is 4.42 Å². The molecule has 0 aliphatic carbocycles. The number of esters is 1. The van der Waals surface area contributed by atoms with Crippen LogP contribution in [0.2, 0.25) is 0 Å². The van der Waals surface area contributed by atoms with E-state index in [1.165, 1.54) is 7.11 Å². The van der Waals surface area contributed by atoms with Crippen LogP contribution >= 0.6 is 0 Å². The fourth-order valence-electron chi connectivity index (χ4n) is 1.89. The molecule has 1 amide bonds. The minimum absolute atomic E-state index is 0.207. The monoisotopic (exact) mass is 305 g/mol. The quantitative estimate of drug-likeness (QED) is 0.644. The number of aromatic nitrogens is 1. The van der Waals surface area contributed by atoms with E-state index in [0.29, 0.717) is 35.6 Å². The van der Waals surface area contributed by atoms with Crippen LogP contribution in [-0.4, -0.2) is 44.6 Å². The molecule has 1 N–H and O–H groups in total. The van der Waals surface area contributed by atoms with Gasteiger partial charge in [0.25, 0.3) is 11.9 Å². The summed E-state index contributed by atoms with van der Waals surface area (Å²) in [7, 11) is 5.01. The second-order valence-electron chi connectivity index (χ2n) is 5.01. The van der Waals surface area contributed by atoms with Crippen molar-refractivity contribution in [1.82, 2.24) is 10.3 Å². The van der Waals surface area contributed by atoms with Crippen LogP contribution in [0.25, 0.3) is 11.1 Å². The summed E-state index contributed by atoms with van der Waals surface area (Å²) in [4.78, 5) is 29.1. The molecule has 0 bridgehead atoms. The van der Waals surface area contributed by atoms with Crippen LogP contribution in [0, 0.1) is 0 Å². The van der Waals surface area contributed by atoms with Crippen LogP contribution in [0.5, 0.6) is 0 Å². The number of carbonyl (C=O) groups excluding carboxylic acids is 2. The Kier molecular flexibility index (Phi) is 4.98. The Morgan fingerprint density at radius 2 is 2.14 bits per heavy atom. The molecule has 22 heavy (non-hydrogen) atoms. The molecule has 0 fully saturated rings. The molecule has 0 aliphatic heterocycles. The number of carbonyl (C=O) groups is 2. The Balaban J connectivity index is 1.98. The first-order chi connectivity index (χ1) is 10.5. The third-order valence-corrected chi connectivity index (χ3v) is 3.09. The van der Waals surface area contributed by atoms with Crippen molar-refractivity contribution in [2.45, 2.75) is 12.8 Å². The number of hydrogen-bond donors (Lipinski definition) is 1. The molecule has 0 radical (unpaired) electrons. The average Bonchev–Trinajstić information content (AvgIpc) is 2.94. The van der Waals surface area contributed by atoms with E-state index in [-0.39, 0.29) is 18.3 Å². The van der Waals surface area contributed by atoms with Crippen LogP contribution in [0.1, 0.15) is 23.2 Å². The largest absolute Gasteiger partial charge is 0.469 e. The molecule has 0 atom stereocenters. The Hall–Kier alpha value is -2.57. The highest BCUT2D eigenvalue weighted by Gasteiger charge is 2.11. The van der Waals surface area contributed by atoms with Crippen molar-refractivity contribution in [1.29, 1.82) is 0 Å². The summed E-state index contributed by atoms with van der Waals surface area (Å²) >= 11 is 0. The highest BCUT2D eigenvalue weighted by Crippen LogP contribution is 2.21. The number of oxazole rings is 1. The van der Waals surface area contributed by atoms with Crippen molar-refractivity contribution >= 4 is 29.0 Å². The fraction of sp³-hybridized carbons (Fsp3) is 0.400. The molecule has 0 spiro atoms. The lowest BCUT2D eigenvalue weighted by Gasteiger charge is -2.04. The van der Waals surface area contributed by atoms with Gasteiger partial charge in [0.05, 0.1) is 7.11 Å². The van der Waals surface area contributed by atoms with Gasteiger partial charge in [-0.3, -0.25) is 9.59 Å². The van der Waals surface area contributed by atoms with Crippen LogP contribution in [-0.2, 0) is 9.53 Å². The maximum Gasteiger partial charge on any atom is 0.305 e. The Morgan fingerprint density at radius 3 is 2.82 bits per heavy atom. The Labute approximate surface area is 128 Å². The molecule has 1 aromatic heterocycles. The number of amides is 1. The molecule has 1 aromatic carbocycles. The number of nitrogens with one attached hydrogen (secondary N) is 1. The van der Waals surface area contributed by atoms with E-state index in [1.807, 2.05) is 14.1 Å². The van der Waals surface area contributed by atoms with Crippen molar-refractivity contribution < 1.29 is 18.7 Å². The van der Waals surface area contributed by atoms with E-state index in [9.17, 15) is 9.59 Å². The zero-order chi connectivity index (χ0) is 16.1. The normalized spacial score (nSPS) is 10.5. The summed E-state index contributed by atoms with van der Waals surface area (Å²) in [6, 6.07) is 5.58. The molecule has 1 heterocycles. The van der Waals surface area contributed by atoms with E-state index in [1.54, 1.807) is 23.1 Å². The van der Waals surface area contributed by atoms with Gasteiger partial charge in [0, 0.05) is 32.6 Å². The zero-order valence-electron chi connectivity index (χ0n) is 12.9. The topological polar surface area (TPSA) is 84.7 Å². The maximum absolute atomic E-state index is 12.0. The summed E-state index contributed by atoms with van der Waals surface area (Å²) in [5.74, 6) is -0.490. The van der Waals surface area contributed by atoms with E-state index in [2.05, 4.69) is 15.0 Å². The summed E-state index contributed by atoms with van der Waals surface area (Å²) < 4.78 is 10.1. The summed E-state index contributed by atoms with van der Waals surface area (Å²) in [5.41, 5.74) is 1.76. The van der Waals surface area contributed by atoms with Crippen molar-refractivity contribution in [3.8, 4) is 0 Å². The smallest absolute Gasteiger partial charge is 0.305 e. The second kappa shape index (κ2) is 6.93. The molecule has 118 valence electrons. The van der Waals surface area contributed by atoms with Gasteiger partial charge in [-0.2, -0.15) is 4.98 Å². The lowest BCUT2D eigenvalue weighted by atomic mass is 10.2. The van der Waals surface area contributed by atoms with Gasteiger partial charge in [0.15, 0.2) is 5.58 Å². The van der Waals surface area contributed by atoms with Gasteiger partial charge >= 0.3 is 5.97 Å². The van der Waals surface area contributed by atoms with Crippen LogP contribution in [0.4, 0.5) is 6.01 Å². The van der Waals surface area contributed by atoms with Crippen molar-refractivity contribution in [2.75, 3.05) is 32.6 Å². The van der Waals surface area contributed by atoms with Crippen LogP contribution < -0.4 is 10.2 Å². The standard InChI is InChI=1S/C15H19N3O4/c1-18(2)15-17-11-9-10(6-7-12(11)22-15)14(20)16-8-4-5-13(19)21-3/h6-7,9H,4-5,8H2,1-3H3,(H,16,20). The predicted molar refractivity (Wildman–Crippen MR) is 81.9 cm³/mol.